The topological polar surface area (TPSA) is 58.4 Å². The van der Waals surface area contributed by atoms with Crippen molar-refractivity contribution in [3.63, 3.8) is 0 Å². The second-order valence-electron chi connectivity index (χ2n) is 6.25. The van der Waals surface area contributed by atoms with E-state index in [1.807, 2.05) is 42.1 Å². The molecule has 1 atom stereocenters. The highest BCUT2D eigenvalue weighted by atomic mass is 35.5. The number of thioether (sulfide) groups is 1. The molecule has 7 heteroatoms. The van der Waals surface area contributed by atoms with Crippen LogP contribution in [-0.4, -0.2) is 47.5 Å². The number of carbonyl (C=O) groups is 1. The van der Waals surface area contributed by atoms with Crippen LogP contribution in [0.2, 0.25) is 0 Å². The molecule has 0 aliphatic carbocycles. The molecule has 1 aliphatic rings. The Morgan fingerprint density at radius 2 is 1.76 bits per heavy atom. The Bertz CT molecular complexity index is 494. The predicted octanol–water partition coefficient (Wildman–Crippen LogP) is 3.25. The minimum absolute atomic E-state index is 0. The normalized spacial score (nSPS) is 16.3. The Kier molecular flexibility index (Phi) is 11.8. The van der Waals surface area contributed by atoms with Gasteiger partial charge in [0.2, 0.25) is 5.91 Å². The quantitative estimate of drug-likeness (QED) is 0.727. The zero-order valence-electron chi connectivity index (χ0n) is 15.1. The SMILES string of the molecule is CCC(N)(CC)CNC(=O)C(c1ccccc1)N1CCSCC1.Cl.Cl. The van der Waals surface area contributed by atoms with E-state index >= 15 is 0 Å². The molecule has 0 bridgehead atoms. The second kappa shape index (κ2) is 12.0. The molecular formula is C18H31Cl2N3OS. The third-order valence-corrected chi connectivity index (χ3v) is 5.74. The number of nitrogens with two attached hydrogens (primary N) is 1. The van der Waals surface area contributed by atoms with E-state index in [0.29, 0.717) is 6.54 Å². The maximum absolute atomic E-state index is 12.9. The molecule has 1 aromatic carbocycles. The minimum Gasteiger partial charge on any atom is -0.353 e. The third-order valence-electron chi connectivity index (χ3n) is 4.80. The number of halogens is 2. The number of nitrogens with one attached hydrogen (secondary N) is 1. The first kappa shape index (κ1) is 24.5. The van der Waals surface area contributed by atoms with E-state index < -0.39 is 0 Å². The van der Waals surface area contributed by atoms with Crippen LogP contribution < -0.4 is 11.1 Å². The van der Waals surface area contributed by atoms with Gasteiger partial charge >= 0.3 is 0 Å². The number of hydrogen-bond acceptors (Lipinski definition) is 4. The lowest BCUT2D eigenvalue weighted by molar-refractivity contribution is -0.126. The molecule has 1 saturated heterocycles. The van der Waals surface area contributed by atoms with Crippen LogP contribution in [0, 0.1) is 0 Å². The molecule has 144 valence electrons. The first-order chi connectivity index (χ1) is 11.1. The number of amides is 1. The summed E-state index contributed by atoms with van der Waals surface area (Å²) in [7, 11) is 0. The molecule has 0 aromatic heterocycles. The first-order valence-electron chi connectivity index (χ1n) is 8.53. The van der Waals surface area contributed by atoms with Gasteiger partial charge in [-0.1, -0.05) is 44.2 Å². The molecule has 0 spiro atoms. The number of carbonyl (C=O) groups excluding carboxylic acids is 1. The molecule has 2 rings (SSSR count). The van der Waals surface area contributed by atoms with E-state index in [-0.39, 0.29) is 42.3 Å². The maximum atomic E-state index is 12.9. The van der Waals surface area contributed by atoms with Crippen LogP contribution in [0.4, 0.5) is 0 Å². The molecule has 0 saturated carbocycles. The van der Waals surface area contributed by atoms with E-state index in [4.69, 9.17) is 5.73 Å². The summed E-state index contributed by atoms with van der Waals surface area (Å²) >= 11 is 1.95. The number of benzene rings is 1. The summed E-state index contributed by atoms with van der Waals surface area (Å²) in [4.78, 5) is 15.2. The van der Waals surface area contributed by atoms with Crippen LogP contribution in [0.1, 0.15) is 38.3 Å². The van der Waals surface area contributed by atoms with Gasteiger partial charge in [0, 0.05) is 36.7 Å². The fraction of sp³-hybridized carbons (Fsp3) is 0.611. The average molecular weight is 408 g/mol. The number of nitrogens with zero attached hydrogens (tertiary/aromatic N) is 1. The molecule has 1 fully saturated rings. The monoisotopic (exact) mass is 407 g/mol. The third kappa shape index (κ3) is 6.99. The Hall–Kier alpha value is -0.460. The van der Waals surface area contributed by atoms with Gasteiger partial charge in [-0.05, 0) is 18.4 Å². The van der Waals surface area contributed by atoms with Gasteiger partial charge in [-0.3, -0.25) is 9.69 Å². The molecule has 1 aromatic rings. The van der Waals surface area contributed by atoms with E-state index in [0.717, 1.165) is 43.0 Å². The molecule has 4 nitrogen and oxygen atoms in total. The van der Waals surface area contributed by atoms with Crippen LogP contribution >= 0.6 is 36.6 Å². The number of hydrogen-bond donors (Lipinski definition) is 2. The van der Waals surface area contributed by atoms with Crippen molar-refractivity contribution in [1.29, 1.82) is 0 Å². The largest absolute Gasteiger partial charge is 0.353 e. The highest BCUT2D eigenvalue weighted by Crippen LogP contribution is 2.24. The summed E-state index contributed by atoms with van der Waals surface area (Å²) in [6.07, 6.45) is 1.72. The standard InChI is InChI=1S/C18H29N3OS.2ClH/c1-3-18(19,4-2)14-20-17(22)16(15-8-6-5-7-9-15)21-10-12-23-13-11-21;;/h5-9,16H,3-4,10-14,19H2,1-2H3,(H,20,22);2*1H. The van der Waals surface area contributed by atoms with Crippen molar-refractivity contribution in [2.45, 2.75) is 38.3 Å². The van der Waals surface area contributed by atoms with Gasteiger partial charge in [-0.2, -0.15) is 11.8 Å². The second-order valence-corrected chi connectivity index (χ2v) is 7.47. The first-order valence-corrected chi connectivity index (χ1v) is 9.68. The van der Waals surface area contributed by atoms with Gasteiger partial charge < -0.3 is 11.1 Å². The zero-order valence-corrected chi connectivity index (χ0v) is 17.5. The van der Waals surface area contributed by atoms with Gasteiger partial charge in [0.1, 0.15) is 6.04 Å². The van der Waals surface area contributed by atoms with Crippen LogP contribution in [0.25, 0.3) is 0 Å². The van der Waals surface area contributed by atoms with Crippen molar-refractivity contribution in [3.8, 4) is 0 Å². The fourth-order valence-corrected chi connectivity index (χ4v) is 3.79. The maximum Gasteiger partial charge on any atom is 0.242 e. The average Bonchev–Trinajstić information content (AvgIpc) is 2.62. The summed E-state index contributed by atoms with van der Waals surface area (Å²) in [6.45, 7) is 6.59. The molecule has 1 heterocycles. The van der Waals surface area contributed by atoms with Crippen LogP contribution in [0.5, 0.6) is 0 Å². The van der Waals surface area contributed by atoms with Crippen molar-refractivity contribution in [3.05, 3.63) is 35.9 Å². The molecule has 0 radical (unpaired) electrons. The molecule has 1 amide bonds. The van der Waals surface area contributed by atoms with Crippen molar-refractivity contribution in [2.75, 3.05) is 31.1 Å². The zero-order chi connectivity index (χ0) is 16.7. The lowest BCUT2D eigenvalue weighted by atomic mass is 9.94. The summed E-state index contributed by atoms with van der Waals surface area (Å²) in [6, 6.07) is 9.86. The van der Waals surface area contributed by atoms with Crippen LogP contribution in [0.3, 0.4) is 0 Å². The summed E-state index contributed by atoms with van der Waals surface area (Å²) in [5.74, 6) is 2.24. The Labute approximate surface area is 168 Å². The van der Waals surface area contributed by atoms with Crippen molar-refractivity contribution in [1.82, 2.24) is 10.2 Å². The molecular weight excluding hydrogens is 377 g/mol. The number of rotatable bonds is 7. The van der Waals surface area contributed by atoms with Gasteiger partial charge in [0.25, 0.3) is 0 Å². The van der Waals surface area contributed by atoms with E-state index in [1.165, 1.54) is 0 Å². The van der Waals surface area contributed by atoms with Crippen molar-refractivity contribution >= 4 is 42.5 Å². The van der Waals surface area contributed by atoms with E-state index in [2.05, 4.69) is 24.1 Å². The van der Waals surface area contributed by atoms with Crippen LogP contribution in [0.15, 0.2) is 30.3 Å². The molecule has 3 N–H and O–H groups in total. The highest BCUT2D eigenvalue weighted by Gasteiger charge is 2.30. The lowest BCUT2D eigenvalue weighted by Crippen LogP contribution is -2.52. The lowest BCUT2D eigenvalue weighted by Gasteiger charge is -2.35. The van der Waals surface area contributed by atoms with Gasteiger partial charge in [-0.25, -0.2) is 0 Å². The summed E-state index contributed by atoms with van der Waals surface area (Å²) < 4.78 is 0. The summed E-state index contributed by atoms with van der Waals surface area (Å²) in [5.41, 5.74) is 7.08. The minimum atomic E-state index is -0.311. The van der Waals surface area contributed by atoms with E-state index in [9.17, 15) is 4.79 Å². The van der Waals surface area contributed by atoms with E-state index in [1.54, 1.807) is 0 Å². The van der Waals surface area contributed by atoms with Crippen molar-refractivity contribution < 1.29 is 4.79 Å². The Balaban J connectivity index is 0.00000288. The Morgan fingerprint density at radius 1 is 1.20 bits per heavy atom. The Morgan fingerprint density at radius 3 is 2.28 bits per heavy atom. The van der Waals surface area contributed by atoms with Gasteiger partial charge in [-0.15, -0.1) is 24.8 Å². The molecule has 1 unspecified atom stereocenters. The molecule has 1 aliphatic heterocycles. The van der Waals surface area contributed by atoms with Crippen LogP contribution in [-0.2, 0) is 4.79 Å². The predicted molar refractivity (Wildman–Crippen MR) is 113 cm³/mol. The fourth-order valence-electron chi connectivity index (χ4n) is 2.86. The molecule has 25 heavy (non-hydrogen) atoms. The summed E-state index contributed by atoms with van der Waals surface area (Å²) in [5, 5.41) is 3.11. The van der Waals surface area contributed by atoms with Gasteiger partial charge in [0.05, 0.1) is 0 Å². The highest BCUT2D eigenvalue weighted by molar-refractivity contribution is 7.99. The van der Waals surface area contributed by atoms with Gasteiger partial charge in [0.15, 0.2) is 0 Å². The smallest absolute Gasteiger partial charge is 0.242 e. The van der Waals surface area contributed by atoms with Crippen molar-refractivity contribution in [2.24, 2.45) is 5.73 Å².